The molecule has 2 rings (SSSR count). The highest BCUT2D eigenvalue weighted by Crippen LogP contribution is 2.19. The largest absolute Gasteiger partial charge is 0.482 e. The quantitative estimate of drug-likeness (QED) is 0.153. The molecule has 8 heteroatoms. The van der Waals surface area contributed by atoms with Crippen molar-refractivity contribution in [2.45, 2.75) is 20.3 Å². The number of nitrogens with two attached hydrogens (primary N) is 1. The number of carbonyl (C=O) groups is 3. The third kappa shape index (κ3) is 6.16. The van der Waals surface area contributed by atoms with E-state index in [4.69, 9.17) is 20.4 Å². The van der Waals surface area contributed by atoms with Gasteiger partial charge in [0.2, 0.25) is 0 Å². The summed E-state index contributed by atoms with van der Waals surface area (Å²) in [5.74, 6) is -0.956. The van der Waals surface area contributed by atoms with Crippen LogP contribution in [0.3, 0.4) is 0 Å². The van der Waals surface area contributed by atoms with Crippen molar-refractivity contribution >= 4 is 23.4 Å². The average Bonchev–Trinajstić information content (AvgIpc) is 2.77. The van der Waals surface area contributed by atoms with E-state index in [9.17, 15) is 14.4 Å². The lowest BCUT2D eigenvalue weighted by Crippen LogP contribution is -2.17. The van der Waals surface area contributed by atoms with E-state index < -0.39 is 11.9 Å². The van der Waals surface area contributed by atoms with Crippen molar-refractivity contribution in [3.63, 3.8) is 0 Å². The second-order valence-corrected chi connectivity index (χ2v) is 6.57. The predicted molar refractivity (Wildman–Crippen MR) is 110 cm³/mol. The molecule has 0 fully saturated rings. The Labute approximate surface area is 174 Å². The fraction of sp³-hybridized carbons (Fsp3) is 0.273. The first kappa shape index (κ1) is 22.6. The predicted octanol–water partition coefficient (Wildman–Crippen LogP) is 2.81. The van der Waals surface area contributed by atoms with E-state index in [0.29, 0.717) is 22.4 Å². The zero-order valence-corrected chi connectivity index (χ0v) is 16.8. The molecule has 2 aromatic carbocycles. The van der Waals surface area contributed by atoms with Crippen LogP contribution in [0.15, 0.2) is 53.7 Å². The van der Waals surface area contributed by atoms with Gasteiger partial charge in [-0.1, -0.05) is 36.3 Å². The van der Waals surface area contributed by atoms with Crippen LogP contribution in [-0.4, -0.2) is 41.8 Å². The lowest BCUT2D eigenvalue weighted by atomic mass is 9.92. The minimum atomic E-state index is -0.521. The first-order valence-corrected chi connectivity index (χ1v) is 9.39. The van der Waals surface area contributed by atoms with Gasteiger partial charge in [0.05, 0.1) is 6.61 Å². The Morgan fingerprint density at radius 1 is 1.00 bits per heavy atom. The van der Waals surface area contributed by atoms with Crippen LogP contribution in [0.4, 0.5) is 0 Å². The number of esters is 1. The van der Waals surface area contributed by atoms with Crippen LogP contribution in [0, 0.1) is 5.92 Å². The summed E-state index contributed by atoms with van der Waals surface area (Å²) < 4.78 is 10.1. The van der Waals surface area contributed by atoms with E-state index >= 15 is 0 Å². The number of amidine groups is 1. The zero-order valence-electron chi connectivity index (χ0n) is 16.8. The van der Waals surface area contributed by atoms with Crippen LogP contribution in [0.1, 0.15) is 46.5 Å². The molecule has 8 nitrogen and oxygen atoms in total. The maximum absolute atomic E-state index is 12.6. The first-order chi connectivity index (χ1) is 14.3. The molecule has 0 aliphatic rings. The molecule has 0 aliphatic carbocycles. The Bertz CT molecular complexity index is 920. The van der Waals surface area contributed by atoms with Crippen LogP contribution in [0.25, 0.3) is 0 Å². The molecule has 0 amide bonds. The molecule has 2 aromatic rings. The van der Waals surface area contributed by atoms with Gasteiger partial charge in [0.15, 0.2) is 24.0 Å². The van der Waals surface area contributed by atoms with Gasteiger partial charge in [-0.05, 0) is 31.2 Å². The number of nitrogens with zero attached hydrogens (tertiary/aromatic N) is 1. The Morgan fingerprint density at radius 3 is 2.13 bits per heavy atom. The lowest BCUT2D eigenvalue weighted by Gasteiger charge is -2.11. The molecule has 0 bridgehead atoms. The molecule has 158 valence electrons. The smallest absolute Gasteiger partial charge is 0.344 e. The van der Waals surface area contributed by atoms with Gasteiger partial charge in [-0.3, -0.25) is 9.59 Å². The third-order valence-electron chi connectivity index (χ3n) is 4.35. The molecule has 0 heterocycles. The molecule has 0 radical (unpaired) electrons. The Kier molecular flexibility index (Phi) is 8.10. The van der Waals surface area contributed by atoms with E-state index in [-0.39, 0.29) is 37.0 Å². The molecule has 0 saturated carbocycles. The van der Waals surface area contributed by atoms with Crippen LogP contribution in [-0.2, 0) is 9.53 Å². The fourth-order valence-electron chi connectivity index (χ4n) is 2.72. The highest BCUT2D eigenvalue weighted by molar-refractivity contribution is 6.04. The Balaban J connectivity index is 1.95. The summed E-state index contributed by atoms with van der Waals surface area (Å²) >= 11 is 0. The van der Waals surface area contributed by atoms with Crippen molar-refractivity contribution in [2.24, 2.45) is 16.8 Å². The lowest BCUT2D eigenvalue weighted by molar-refractivity contribution is -0.145. The molecule has 30 heavy (non-hydrogen) atoms. The highest BCUT2D eigenvalue weighted by atomic mass is 16.6. The molecule has 1 atom stereocenters. The van der Waals surface area contributed by atoms with Gasteiger partial charge in [-0.15, -0.1) is 0 Å². The van der Waals surface area contributed by atoms with Crippen LogP contribution in [0.2, 0.25) is 0 Å². The number of rotatable bonds is 10. The van der Waals surface area contributed by atoms with Crippen molar-refractivity contribution in [3.05, 3.63) is 65.2 Å². The zero-order chi connectivity index (χ0) is 22.1. The number of Topliss-reactive ketones (excluding diaryl/α,β-unsaturated/α-hetero) is 2. The molecule has 0 aliphatic heterocycles. The van der Waals surface area contributed by atoms with Crippen LogP contribution < -0.4 is 10.5 Å². The maximum atomic E-state index is 12.6. The number of oxime groups is 1. The van der Waals surface area contributed by atoms with E-state index in [1.807, 2.05) is 0 Å². The topological polar surface area (TPSA) is 128 Å². The first-order valence-electron chi connectivity index (χ1n) is 9.39. The normalized spacial score (nSPS) is 12.1. The van der Waals surface area contributed by atoms with Crippen molar-refractivity contribution in [2.75, 3.05) is 13.2 Å². The van der Waals surface area contributed by atoms with E-state index in [1.54, 1.807) is 62.4 Å². The standard InChI is InChI=1S/C22H24N2O6/c1-3-29-20(26)13-30-18-10-8-16(9-11-18)21(27)14(2)12-19(25)15-4-6-17(7-5-15)22(23)24-28/h4-11,14,28H,3,12-13H2,1-2H3,(H2,23,24). The summed E-state index contributed by atoms with van der Waals surface area (Å²) in [6.07, 6.45) is 0.0445. The second-order valence-electron chi connectivity index (χ2n) is 6.57. The molecule has 0 spiro atoms. The van der Waals surface area contributed by atoms with Gasteiger partial charge >= 0.3 is 5.97 Å². The minimum Gasteiger partial charge on any atom is -0.482 e. The van der Waals surface area contributed by atoms with Gasteiger partial charge in [0.25, 0.3) is 0 Å². The molecular formula is C22H24N2O6. The van der Waals surface area contributed by atoms with Gasteiger partial charge in [0, 0.05) is 29.0 Å². The monoisotopic (exact) mass is 412 g/mol. The number of hydrogen-bond donors (Lipinski definition) is 2. The molecule has 3 N–H and O–H groups in total. The minimum absolute atomic E-state index is 0.0445. The number of carbonyl (C=O) groups excluding carboxylic acids is 3. The van der Waals surface area contributed by atoms with Gasteiger partial charge < -0.3 is 20.4 Å². The Hall–Kier alpha value is -3.68. The number of hydrogen-bond acceptors (Lipinski definition) is 7. The van der Waals surface area contributed by atoms with Crippen molar-refractivity contribution in [1.82, 2.24) is 0 Å². The summed E-state index contributed by atoms with van der Waals surface area (Å²) in [5.41, 5.74) is 6.87. The number of ketones is 2. The molecular weight excluding hydrogens is 388 g/mol. The summed E-state index contributed by atoms with van der Waals surface area (Å²) in [6.45, 7) is 3.47. The van der Waals surface area contributed by atoms with Crippen molar-refractivity contribution in [1.29, 1.82) is 0 Å². The third-order valence-corrected chi connectivity index (χ3v) is 4.35. The van der Waals surface area contributed by atoms with Gasteiger partial charge in [-0.2, -0.15) is 0 Å². The van der Waals surface area contributed by atoms with E-state index in [2.05, 4.69) is 5.16 Å². The van der Waals surface area contributed by atoms with E-state index in [0.717, 1.165) is 0 Å². The summed E-state index contributed by atoms with van der Waals surface area (Å²) in [7, 11) is 0. The summed E-state index contributed by atoms with van der Waals surface area (Å²) in [6, 6.07) is 12.7. The fourth-order valence-corrected chi connectivity index (χ4v) is 2.72. The van der Waals surface area contributed by atoms with Crippen molar-refractivity contribution in [3.8, 4) is 5.75 Å². The highest BCUT2D eigenvalue weighted by Gasteiger charge is 2.20. The maximum Gasteiger partial charge on any atom is 0.344 e. The summed E-state index contributed by atoms with van der Waals surface area (Å²) in [5, 5.41) is 11.6. The average molecular weight is 412 g/mol. The Morgan fingerprint density at radius 2 is 1.57 bits per heavy atom. The van der Waals surface area contributed by atoms with Crippen LogP contribution in [0.5, 0.6) is 5.75 Å². The number of benzene rings is 2. The van der Waals surface area contributed by atoms with E-state index in [1.165, 1.54) is 0 Å². The van der Waals surface area contributed by atoms with Crippen molar-refractivity contribution < 1.29 is 29.1 Å². The molecule has 0 aromatic heterocycles. The molecule has 1 unspecified atom stereocenters. The van der Waals surface area contributed by atoms with Crippen LogP contribution >= 0.6 is 0 Å². The van der Waals surface area contributed by atoms with Gasteiger partial charge in [-0.25, -0.2) is 4.79 Å². The SMILES string of the molecule is CCOC(=O)COc1ccc(C(=O)C(C)CC(=O)c2ccc(/C(N)=N/O)cc2)cc1. The second kappa shape index (κ2) is 10.8. The molecule has 0 saturated heterocycles. The van der Waals surface area contributed by atoms with Gasteiger partial charge in [0.1, 0.15) is 5.75 Å². The summed E-state index contributed by atoms with van der Waals surface area (Å²) in [4.78, 5) is 36.4. The number of ether oxygens (including phenoxy) is 2.